The fourth-order valence-electron chi connectivity index (χ4n) is 3.52. The molecule has 1 aliphatic heterocycles. The number of hydrogen-bond donors (Lipinski definition) is 0. The van der Waals surface area contributed by atoms with Gasteiger partial charge in [0.15, 0.2) is 5.78 Å². The summed E-state index contributed by atoms with van der Waals surface area (Å²) < 4.78 is 0. The monoisotopic (exact) mass is 338 g/mol. The van der Waals surface area contributed by atoms with Crippen LogP contribution in [-0.4, -0.2) is 28.3 Å². The minimum Gasteiger partial charge on any atom is -0.333 e. The third kappa shape index (κ3) is 2.41. The van der Waals surface area contributed by atoms with Gasteiger partial charge in [-0.25, -0.2) is 0 Å². The van der Waals surface area contributed by atoms with E-state index in [1.165, 1.54) is 6.08 Å². The van der Waals surface area contributed by atoms with Crippen LogP contribution in [0.25, 0.3) is 0 Å². The first-order valence-electron chi connectivity index (χ1n) is 7.82. The van der Waals surface area contributed by atoms with E-state index in [4.69, 9.17) is 0 Å². The summed E-state index contributed by atoms with van der Waals surface area (Å²) in [4.78, 5) is 27.4. The molecule has 3 rings (SSSR count). The van der Waals surface area contributed by atoms with Crippen LogP contribution in [0.4, 0.5) is 0 Å². The van der Waals surface area contributed by atoms with E-state index >= 15 is 0 Å². The predicted octanol–water partition coefficient (Wildman–Crippen LogP) is 2.63. The summed E-state index contributed by atoms with van der Waals surface area (Å²) in [6, 6.07) is 11.7. The van der Waals surface area contributed by atoms with E-state index in [-0.39, 0.29) is 17.3 Å². The molecular weight excluding hydrogens is 319 g/mol. The number of ketones is 1. The first kappa shape index (κ1) is 16.6. The molecule has 4 nitrogen and oxygen atoms in total. The minimum atomic E-state index is -1.02. The van der Waals surface area contributed by atoms with E-state index in [0.29, 0.717) is 13.1 Å². The lowest BCUT2D eigenvalue weighted by molar-refractivity contribution is -0.133. The Hall–Kier alpha value is -2.24. The Bertz CT molecular complexity index is 818. The molecule has 1 amide bonds. The Kier molecular flexibility index (Phi) is 3.94. The van der Waals surface area contributed by atoms with Gasteiger partial charge in [0, 0.05) is 13.1 Å². The van der Waals surface area contributed by atoms with Gasteiger partial charge < -0.3 is 4.90 Å². The normalized spacial score (nSPS) is 25.5. The van der Waals surface area contributed by atoms with Gasteiger partial charge in [-0.3, -0.25) is 9.59 Å². The molecule has 1 unspecified atom stereocenters. The zero-order chi connectivity index (χ0) is 17.5. The molecule has 0 bridgehead atoms. The van der Waals surface area contributed by atoms with Gasteiger partial charge in [0.2, 0.25) is 5.91 Å². The average Bonchev–Trinajstić information content (AvgIpc) is 2.56. The van der Waals surface area contributed by atoms with Crippen molar-refractivity contribution in [1.82, 2.24) is 4.90 Å². The molecule has 0 saturated carbocycles. The standard InChI is InChI=1S/C19H19N2O2P/c1-18(2)15-8-9-21(12-13-6-4-3-5-7-13)17(23)19(15,24)10-14(11-20)16(18)22/h3-8,10H,9,12,24H2,1-2H3/t19-/m0/s1. The quantitative estimate of drug-likeness (QED) is 0.615. The number of Topliss-reactive ketones (excluding diaryl/α,β-unsaturated/α-hetero) is 1. The summed E-state index contributed by atoms with van der Waals surface area (Å²) in [6.45, 7) is 4.53. The zero-order valence-corrected chi connectivity index (χ0v) is 14.9. The molecule has 24 heavy (non-hydrogen) atoms. The maximum absolute atomic E-state index is 13.1. The number of carbonyl (C=O) groups excluding carboxylic acids is 2. The van der Waals surface area contributed by atoms with E-state index in [9.17, 15) is 14.9 Å². The van der Waals surface area contributed by atoms with Crippen LogP contribution < -0.4 is 0 Å². The van der Waals surface area contributed by atoms with Crippen LogP contribution in [0.15, 0.2) is 53.6 Å². The molecule has 0 radical (unpaired) electrons. The molecular formula is C19H19N2O2P. The molecule has 0 N–H and O–H groups in total. The van der Waals surface area contributed by atoms with Gasteiger partial charge in [-0.15, -0.1) is 9.24 Å². The first-order valence-corrected chi connectivity index (χ1v) is 8.39. The number of fused-ring (bicyclic) bond motifs is 1. The van der Waals surface area contributed by atoms with E-state index in [0.717, 1.165) is 11.1 Å². The number of rotatable bonds is 2. The number of nitrogens with zero attached hydrogens (tertiary/aromatic N) is 2. The molecule has 1 aromatic carbocycles. The smallest absolute Gasteiger partial charge is 0.241 e. The summed E-state index contributed by atoms with van der Waals surface area (Å²) in [6.07, 6.45) is 3.47. The van der Waals surface area contributed by atoms with Crippen LogP contribution in [0, 0.1) is 16.7 Å². The van der Waals surface area contributed by atoms with Gasteiger partial charge in [0.1, 0.15) is 11.2 Å². The molecule has 2 aliphatic rings. The second-order valence-electron chi connectivity index (χ2n) is 6.78. The van der Waals surface area contributed by atoms with E-state index in [1.54, 1.807) is 18.7 Å². The van der Waals surface area contributed by atoms with Crippen LogP contribution in [-0.2, 0) is 16.1 Å². The van der Waals surface area contributed by atoms with Gasteiger partial charge in [-0.1, -0.05) is 36.4 Å². The second-order valence-corrected chi connectivity index (χ2v) is 7.69. The topological polar surface area (TPSA) is 61.2 Å². The number of amides is 1. The number of allylic oxidation sites excluding steroid dienone is 1. The largest absolute Gasteiger partial charge is 0.333 e. The highest BCUT2D eigenvalue weighted by atomic mass is 31.0. The minimum absolute atomic E-state index is 0.0575. The number of hydrogen-bond acceptors (Lipinski definition) is 3. The van der Waals surface area contributed by atoms with Crippen molar-refractivity contribution < 1.29 is 9.59 Å². The van der Waals surface area contributed by atoms with E-state index in [2.05, 4.69) is 9.24 Å². The summed E-state index contributed by atoms with van der Waals surface area (Å²) in [5, 5.41) is 8.27. The van der Waals surface area contributed by atoms with E-state index < -0.39 is 10.6 Å². The van der Waals surface area contributed by atoms with Crippen molar-refractivity contribution in [2.75, 3.05) is 6.54 Å². The Labute approximate surface area is 144 Å². The fourth-order valence-corrected chi connectivity index (χ4v) is 4.35. The van der Waals surface area contributed by atoms with Crippen LogP contribution in [0.5, 0.6) is 0 Å². The molecule has 5 heteroatoms. The van der Waals surface area contributed by atoms with Crippen molar-refractivity contribution in [2.24, 2.45) is 5.41 Å². The van der Waals surface area contributed by atoms with Gasteiger partial charge in [-0.2, -0.15) is 5.26 Å². The maximum Gasteiger partial charge on any atom is 0.241 e. The SMILES string of the molecule is CC1(C)C(=O)C(C#N)=C[C@@]2(P)C(=O)N(Cc3ccccc3)CC=C12. The molecule has 0 saturated heterocycles. The summed E-state index contributed by atoms with van der Waals surface area (Å²) in [5.74, 6) is -0.319. The molecule has 1 aromatic rings. The second kappa shape index (κ2) is 5.69. The van der Waals surface area contributed by atoms with Crippen molar-refractivity contribution in [3.8, 4) is 6.07 Å². The van der Waals surface area contributed by atoms with Crippen molar-refractivity contribution in [1.29, 1.82) is 5.26 Å². The highest BCUT2D eigenvalue weighted by molar-refractivity contribution is 7.22. The number of nitriles is 1. The van der Waals surface area contributed by atoms with Crippen LogP contribution >= 0.6 is 9.24 Å². The summed E-state index contributed by atoms with van der Waals surface area (Å²) in [5.41, 5.74) is 1.02. The number of benzene rings is 1. The lowest BCUT2D eigenvalue weighted by atomic mass is 9.66. The third-order valence-electron chi connectivity index (χ3n) is 4.80. The predicted molar refractivity (Wildman–Crippen MR) is 94.9 cm³/mol. The number of carbonyl (C=O) groups is 2. The van der Waals surface area contributed by atoms with Gasteiger partial charge in [0.25, 0.3) is 0 Å². The molecule has 0 spiro atoms. The Morgan fingerprint density at radius 3 is 2.54 bits per heavy atom. The van der Waals surface area contributed by atoms with Crippen LogP contribution in [0.3, 0.4) is 0 Å². The van der Waals surface area contributed by atoms with Crippen molar-refractivity contribution in [3.05, 3.63) is 59.2 Å². The molecule has 2 atom stereocenters. The summed E-state index contributed by atoms with van der Waals surface area (Å²) in [7, 11) is 2.58. The average molecular weight is 338 g/mol. The zero-order valence-electron chi connectivity index (χ0n) is 13.7. The van der Waals surface area contributed by atoms with Gasteiger partial charge >= 0.3 is 0 Å². The van der Waals surface area contributed by atoms with Crippen molar-refractivity contribution in [2.45, 2.75) is 25.5 Å². The lowest BCUT2D eigenvalue weighted by Crippen LogP contribution is -2.55. The molecule has 0 fully saturated rings. The highest BCUT2D eigenvalue weighted by Gasteiger charge is 2.53. The molecule has 1 aliphatic carbocycles. The van der Waals surface area contributed by atoms with E-state index in [1.807, 2.05) is 42.5 Å². The molecule has 122 valence electrons. The lowest BCUT2D eigenvalue weighted by Gasteiger charge is -2.46. The third-order valence-corrected chi connectivity index (χ3v) is 5.52. The maximum atomic E-state index is 13.1. The first-order chi connectivity index (χ1) is 11.3. The van der Waals surface area contributed by atoms with Gasteiger partial charge in [0.05, 0.1) is 11.0 Å². The van der Waals surface area contributed by atoms with Crippen molar-refractivity contribution in [3.63, 3.8) is 0 Å². The Balaban J connectivity index is 2.03. The summed E-state index contributed by atoms with van der Waals surface area (Å²) >= 11 is 0. The van der Waals surface area contributed by atoms with Gasteiger partial charge in [-0.05, 0) is 31.1 Å². The van der Waals surface area contributed by atoms with Crippen LogP contribution in [0.2, 0.25) is 0 Å². The molecule has 0 aromatic heterocycles. The fraction of sp³-hybridized carbons (Fsp3) is 0.316. The van der Waals surface area contributed by atoms with Crippen molar-refractivity contribution >= 4 is 20.9 Å². The highest BCUT2D eigenvalue weighted by Crippen LogP contribution is 2.49. The Morgan fingerprint density at radius 2 is 1.92 bits per heavy atom. The Morgan fingerprint density at radius 1 is 1.25 bits per heavy atom. The molecule has 1 heterocycles. The van der Waals surface area contributed by atoms with Crippen LogP contribution in [0.1, 0.15) is 19.4 Å².